The van der Waals surface area contributed by atoms with Gasteiger partial charge in [-0.3, -0.25) is 0 Å². The van der Waals surface area contributed by atoms with Gasteiger partial charge in [-0.2, -0.15) is 0 Å². The maximum absolute atomic E-state index is 11.7. The van der Waals surface area contributed by atoms with Gasteiger partial charge in [0.15, 0.2) is 0 Å². The van der Waals surface area contributed by atoms with Crippen LogP contribution >= 0.6 is 0 Å². The maximum atomic E-state index is 11.7. The Kier molecular flexibility index (Phi) is 5.61. The summed E-state index contributed by atoms with van der Waals surface area (Å²) < 4.78 is 7.22. The van der Waals surface area contributed by atoms with Crippen LogP contribution in [0.4, 0.5) is 0 Å². The zero-order chi connectivity index (χ0) is 17.0. The van der Waals surface area contributed by atoms with Crippen LogP contribution in [-0.2, 0) is 11.2 Å². The van der Waals surface area contributed by atoms with Gasteiger partial charge in [0, 0.05) is 23.1 Å². The van der Waals surface area contributed by atoms with Gasteiger partial charge in [0.25, 0.3) is 0 Å². The van der Waals surface area contributed by atoms with Crippen molar-refractivity contribution in [2.75, 3.05) is 6.61 Å². The molecular formula is C19H26N2O2. The number of aromatic nitrogens is 1. The van der Waals surface area contributed by atoms with E-state index in [0.29, 0.717) is 12.2 Å². The number of rotatable bonds is 6. The lowest BCUT2D eigenvalue weighted by Gasteiger charge is -2.12. The van der Waals surface area contributed by atoms with Crippen molar-refractivity contribution in [2.45, 2.75) is 46.6 Å². The zero-order valence-electron chi connectivity index (χ0n) is 14.4. The Morgan fingerprint density at radius 2 is 1.87 bits per heavy atom. The number of esters is 1. The minimum absolute atomic E-state index is 0.190. The van der Waals surface area contributed by atoms with E-state index in [-0.39, 0.29) is 12.0 Å². The summed E-state index contributed by atoms with van der Waals surface area (Å²) in [6.45, 7) is 8.51. The third-order valence-corrected chi connectivity index (χ3v) is 4.18. The highest BCUT2D eigenvalue weighted by Crippen LogP contribution is 2.22. The van der Waals surface area contributed by atoms with Gasteiger partial charge in [0.05, 0.1) is 12.2 Å². The zero-order valence-corrected chi connectivity index (χ0v) is 14.4. The number of hydrogen-bond donors (Lipinski definition) is 1. The molecule has 0 aliphatic rings. The highest BCUT2D eigenvalue weighted by atomic mass is 16.5. The molecule has 1 aromatic heterocycles. The van der Waals surface area contributed by atoms with Crippen LogP contribution in [0.1, 0.15) is 47.6 Å². The van der Waals surface area contributed by atoms with Gasteiger partial charge >= 0.3 is 5.97 Å². The molecule has 0 bridgehead atoms. The molecule has 2 rings (SSSR count). The maximum Gasteiger partial charge on any atom is 0.338 e. The van der Waals surface area contributed by atoms with Crippen molar-refractivity contribution in [1.29, 1.82) is 0 Å². The Labute approximate surface area is 138 Å². The smallest absolute Gasteiger partial charge is 0.338 e. The summed E-state index contributed by atoms with van der Waals surface area (Å²) in [6.07, 6.45) is 1.86. The molecule has 4 nitrogen and oxygen atoms in total. The molecule has 2 N–H and O–H groups in total. The van der Waals surface area contributed by atoms with Crippen LogP contribution in [0.2, 0.25) is 0 Å². The van der Waals surface area contributed by atoms with E-state index >= 15 is 0 Å². The molecule has 0 aliphatic carbocycles. The van der Waals surface area contributed by atoms with Crippen LogP contribution in [-0.4, -0.2) is 23.2 Å². The van der Waals surface area contributed by atoms with Gasteiger partial charge in [-0.15, -0.1) is 0 Å². The van der Waals surface area contributed by atoms with E-state index in [1.54, 1.807) is 6.92 Å². The quantitative estimate of drug-likeness (QED) is 0.830. The number of nitrogens with zero attached hydrogens (tertiary/aromatic N) is 1. The van der Waals surface area contributed by atoms with Crippen LogP contribution in [0.15, 0.2) is 30.3 Å². The largest absolute Gasteiger partial charge is 0.462 e. The van der Waals surface area contributed by atoms with E-state index in [1.807, 2.05) is 24.3 Å². The summed E-state index contributed by atoms with van der Waals surface area (Å²) in [5.74, 6) is -0.283. The van der Waals surface area contributed by atoms with Crippen molar-refractivity contribution >= 4 is 5.97 Å². The lowest BCUT2D eigenvalue weighted by Crippen LogP contribution is -2.21. The summed E-state index contributed by atoms with van der Waals surface area (Å²) >= 11 is 0. The fourth-order valence-corrected chi connectivity index (χ4v) is 2.82. The first-order valence-electron chi connectivity index (χ1n) is 8.18. The molecule has 0 spiro atoms. The SMILES string of the molecule is CCOC(=O)c1ccc(-n2c(C)cc(CC(N)CC)c2C)cc1. The summed E-state index contributed by atoms with van der Waals surface area (Å²) in [4.78, 5) is 11.7. The number of carbonyl (C=O) groups excluding carboxylic acids is 1. The van der Waals surface area contributed by atoms with E-state index in [2.05, 4.69) is 31.4 Å². The van der Waals surface area contributed by atoms with E-state index in [0.717, 1.165) is 18.5 Å². The second kappa shape index (κ2) is 7.47. The van der Waals surface area contributed by atoms with Gasteiger partial charge in [-0.1, -0.05) is 6.92 Å². The van der Waals surface area contributed by atoms with Crippen LogP contribution in [0.3, 0.4) is 0 Å². The molecule has 0 aliphatic heterocycles. The standard InChI is InChI=1S/C19H26N2O2/c1-5-17(20)12-16-11-13(3)21(14(16)4)18-9-7-15(8-10-18)19(22)23-6-2/h7-11,17H,5-6,12,20H2,1-4H3. The second-order valence-corrected chi connectivity index (χ2v) is 5.87. The summed E-state index contributed by atoms with van der Waals surface area (Å²) in [7, 11) is 0. The van der Waals surface area contributed by atoms with Crippen molar-refractivity contribution in [3.05, 3.63) is 52.8 Å². The molecule has 0 saturated heterocycles. The fourth-order valence-electron chi connectivity index (χ4n) is 2.82. The van der Waals surface area contributed by atoms with Crippen molar-refractivity contribution in [2.24, 2.45) is 5.73 Å². The first kappa shape index (κ1) is 17.3. The number of benzene rings is 1. The van der Waals surface area contributed by atoms with Crippen LogP contribution < -0.4 is 5.73 Å². The number of ether oxygens (including phenoxy) is 1. The molecule has 2 aromatic rings. The summed E-state index contributed by atoms with van der Waals surface area (Å²) in [5.41, 5.74) is 11.4. The van der Waals surface area contributed by atoms with E-state index in [1.165, 1.54) is 17.0 Å². The molecule has 1 heterocycles. The average molecular weight is 314 g/mol. The Bertz CT molecular complexity index is 671. The van der Waals surface area contributed by atoms with Crippen molar-refractivity contribution in [3.63, 3.8) is 0 Å². The molecule has 1 unspecified atom stereocenters. The van der Waals surface area contributed by atoms with Gasteiger partial charge in [-0.05, 0) is 69.5 Å². The predicted molar refractivity (Wildman–Crippen MR) is 93.2 cm³/mol. The van der Waals surface area contributed by atoms with Crippen molar-refractivity contribution in [1.82, 2.24) is 4.57 Å². The molecule has 124 valence electrons. The van der Waals surface area contributed by atoms with Gasteiger partial charge in [-0.25, -0.2) is 4.79 Å². The van der Waals surface area contributed by atoms with Crippen LogP contribution in [0.5, 0.6) is 0 Å². The minimum atomic E-state index is -0.283. The first-order chi connectivity index (χ1) is 11.0. The molecule has 1 atom stereocenters. The molecule has 1 aromatic carbocycles. The molecule has 4 heteroatoms. The molecule has 0 amide bonds. The molecule has 0 fully saturated rings. The first-order valence-corrected chi connectivity index (χ1v) is 8.18. The van der Waals surface area contributed by atoms with Gasteiger partial charge in [0.2, 0.25) is 0 Å². The van der Waals surface area contributed by atoms with E-state index in [9.17, 15) is 4.79 Å². The van der Waals surface area contributed by atoms with Crippen molar-refractivity contribution in [3.8, 4) is 5.69 Å². The third-order valence-electron chi connectivity index (χ3n) is 4.18. The number of hydrogen-bond acceptors (Lipinski definition) is 3. The van der Waals surface area contributed by atoms with E-state index < -0.39 is 0 Å². The molecule has 0 saturated carbocycles. The molecule has 23 heavy (non-hydrogen) atoms. The average Bonchev–Trinajstić information content (AvgIpc) is 2.81. The number of aryl methyl sites for hydroxylation is 1. The lowest BCUT2D eigenvalue weighted by molar-refractivity contribution is 0.0526. The van der Waals surface area contributed by atoms with Crippen LogP contribution in [0.25, 0.3) is 5.69 Å². The van der Waals surface area contributed by atoms with Gasteiger partial charge < -0.3 is 15.0 Å². The topological polar surface area (TPSA) is 57.2 Å². The predicted octanol–water partition coefficient (Wildman–Crippen LogP) is 3.55. The fraction of sp³-hybridized carbons (Fsp3) is 0.421. The summed E-state index contributed by atoms with van der Waals surface area (Å²) in [5, 5.41) is 0. The Balaban J connectivity index is 2.30. The minimum Gasteiger partial charge on any atom is -0.462 e. The van der Waals surface area contributed by atoms with Crippen LogP contribution in [0, 0.1) is 13.8 Å². The monoisotopic (exact) mass is 314 g/mol. The number of nitrogens with two attached hydrogens (primary N) is 1. The number of carbonyl (C=O) groups is 1. The van der Waals surface area contributed by atoms with Gasteiger partial charge in [0.1, 0.15) is 0 Å². The third kappa shape index (κ3) is 3.82. The highest BCUT2D eigenvalue weighted by molar-refractivity contribution is 5.89. The van der Waals surface area contributed by atoms with Crippen molar-refractivity contribution < 1.29 is 9.53 Å². The Hall–Kier alpha value is -2.07. The Morgan fingerprint density at radius 3 is 2.43 bits per heavy atom. The van der Waals surface area contributed by atoms with E-state index in [4.69, 9.17) is 10.5 Å². The second-order valence-electron chi connectivity index (χ2n) is 5.87. The normalized spacial score (nSPS) is 12.2. The molecular weight excluding hydrogens is 288 g/mol. The Morgan fingerprint density at radius 1 is 1.22 bits per heavy atom. The lowest BCUT2D eigenvalue weighted by atomic mass is 10.1. The molecule has 0 radical (unpaired) electrons. The highest BCUT2D eigenvalue weighted by Gasteiger charge is 2.13. The summed E-state index contributed by atoms with van der Waals surface area (Å²) in [6, 6.07) is 9.92.